The molecular formula is C25H34N4O4. The van der Waals surface area contributed by atoms with Crippen LogP contribution in [-0.4, -0.2) is 72.7 Å². The van der Waals surface area contributed by atoms with Crippen molar-refractivity contribution in [2.24, 2.45) is 5.92 Å². The van der Waals surface area contributed by atoms with Gasteiger partial charge < -0.3 is 19.5 Å². The molecule has 1 N–H and O–H groups in total. The van der Waals surface area contributed by atoms with Crippen LogP contribution in [0.2, 0.25) is 0 Å². The van der Waals surface area contributed by atoms with E-state index in [4.69, 9.17) is 9.26 Å². The van der Waals surface area contributed by atoms with Crippen LogP contribution in [0.15, 0.2) is 28.8 Å². The fourth-order valence-electron chi connectivity index (χ4n) is 5.03. The number of likely N-dealkylation sites (tertiary alicyclic amines) is 2. The molecule has 8 nitrogen and oxygen atoms in total. The SMILES string of the molecule is COCC1CCCN(C2CCN(C(=O)c3ccc(C(=O)Nc4c(C)noc4C)cc3)CC2)C1. The van der Waals surface area contributed by atoms with E-state index in [1.165, 1.54) is 12.8 Å². The van der Waals surface area contributed by atoms with E-state index >= 15 is 0 Å². The lowest BCUT2D eigenvalue weighted by molar-refractivity contribution is 0.0390. The molecule has 0 aliphatic carbocycles. The lowest BCUT2D eigenvalue weighted by Crippen LogP contribution is -2.50. The number of hydrogen-bond donors (Lipinski definition) is 1. The summed E-state index contributed by atoms with van der Waals surface area (Å²) in [6, 6.07) is 7.39. The molecule has 0 bridgehead atoms. The number of rotatable bonds is 6. The summed E-state index contributed by atoms with van der Waals surface area (Å²) in [5.74, 6) is 0.964. The molecule has 3 heterocycles. The highest BCUT2D eigenvalue weighted by atomic mass is 16.5. The van der Waals surface area contributed by atoms with Crippen molar-refractivity contribution in [2.45, 2.75) is 45.6 Å². The molecule has 8 heteroatoms. The summed E-state index contributed by atoms with van der Waals surface area (Å²) >= 11 is 0. The second kappa shape index (κ2) is 10.5. The van der Waals surface area contributed by atoms with Crippen LogP contribution in [0.4, 0.5) is 5.69 Å². The number of hydrogen-bond acceptors (Lipinski definition) is 6. The highest BCUT2D eigenvalue weighted by Gasteiger charge is 2.30. The van der Waals surface area contributed by atoms with Gasteiger partial charge >= 0.3 is 0 Å². The van der Waals surface area contributed by atoms with E-state index in [-0.39, 0.29) is 11.8 Å². The number of anilines is 1. The van der Waals surface area contributed by atoms with Crippen molar-refractivity contribution < 1.29 is 18.8 Å². The zero-order valence-corrected chi connectivity index (χ0v) is 19.8. The summed E-state index contributed by atoms with van der Waals surface area (Å²) in [6.45, 7) is 8.15. The number of piperidine rings is 2. The predicted octanol–water partition coefficient (Wildman–Crippen LogP) is 3.51. The maximum absolute atomic E-state index is 13.0. The lowest BCUT2D eigenvalue weighted by Gasteiger charge is -2.42. The third-order valence-corrected chi connectivity index (χ3v) is 6.89. The second-order valence-corrected chi connectivity index (χ2v) is 9.21. The van der Waals surface area contributed by atoms with Crippen LogP contribution < -0.4 is 5.32 Å². The van der Waals surface area contributed by atoms with Crippen LogP contribution >= 0.6 is 0 Å². The minimum absolute atomic E-state index is 0.0297. The molecule has 1 atom stereocenters. The number of benzene rings is 1. The Balaban J connectivity index is 1.30. The van der Waals surface area contributed by atoms with E-state index in [0.29, 0.717) is 40.2 Å². The lowest BCUT2D eigenvalue weighted by atomic mass is 9.94. The number of carbonyl (C=O) groups excluding carboxylic acids is 2. The van der Waals surface area contributed by atoms with Gasteiger partial charge in [0.05, 0.1) is 6.61 Å². The Morgan fingerprint density at radius 1 is 1.09 bits per heavy atom. The minimum atomic E-state index is -0.252. The molecule has 0 radical (unpaired) electrons. The summed E-state index contributed by atoms with van der Waals surface area (Å²) in [5, 5.41) is 6.68. The van der Waals surface area contributed by atoms with Crippen molar-refractivity contribution in [2.75, 3.05) is 45.2 Å². The molecule has 2 fully saturated rings. The Morgan fingerprint density at radius 2 is 1.79 bits per heavy atom. The Bertz CT molecular complexity index is 942. The van der Waals surface area contributed by atoms with Gasteiger partial charge in [0, 0.05) is 43.9 Å². The molecule has 2 amide bonds. The molecule has 1 aromatic heterocycles. The van der Waals surface area contributed by atoms with Gasteiger partial charge in [-0.2, -0.15) is 0 Å². The number of aryl methyl sites for hydroxylation is 2. The van der Waals surface area contributed by atoms with E-state index in [2.05, 4.69) is 15.4 Å². The highest BCUT2D eigenvalue weighted by Crippen LogP contribution is 2.25. The van der Waals surface area contributed by atoms with Crippen molar-refractivity contribution in [3.8, 4) is 0 Å². The normalized spacial score (nSPS) is 20.1. The molecule has 0 spiro atoms. The number of amides is 2. The van der Waals surface area contributed by atoms with Gasteiger partial charge in [0.25, 0.3) is 11.8 Å². The molecule has 2 aliphatic heterocycles. The summed E-state index contributed by atoms with van der Waals surface area (Å²) in [6.07, 6.45) is 4.48. The van der Waals surface area contributed by atoms with Crippen molar-refractivity contribution in [3.63, 3.8) is 0 Å². The second-order valence-electron chi connectivity index (χ2n) is 9.21. The van der Waals surface area contributed by atoms with Crippen LogP contribution in [0.25, 0.3) is 0 Å². The Hall–Kier alpha value is -2.71. The van der Waals surface area contributed by atoms with E-state index in [1.54, 1.807) is 45.2 Å². The summed E-state index contributed by atoms with van der Waals surface area (Å²) in [4.78, 5) is 30.1. The third-order valence-electron chi connectivity index (χ3n) is 6.89. The molecule has 2 aromatic rings. The molecule has 4 rings (SSSR count). The van der Waals surface area contributed by atoms with Crippen LogP contribution in [0.1, 0.15) is 57.9 Å². The molecule has 1 unspecified atom stereocenters. The Morgan fingerprint density at radius 3 is 2.42 bits per heavy atom. The van der Waals surface area contributed by atoms with E-state index in [9.17, 15) is 9.59 Å². The fourth-order valence-corrected chi connectivity index (χ4v) is 5.03. The number of methoxy groups -OCH3 is 1. The molecule has 33 heavy (non-hydrogen) atoms. The van der Waals surface area contributed by atoms with Crippen LogP contribution in [0.3, 0.4) is 0 Å². The summed E-state index contributed by atoms with van der Waals surface area (Å²) < 4.78 is 10.5. The molecule has 178 valence electrons. The van der Waals surface area contributed by atoms with Gasteiger partial charge in [0.15, 0.2) is 5.76 Å². The minimum Gasteiger partial charge on any atom is -0.384 e. The van der Waals surface area contributed by atoms with Crippen molar-refractivity contribution >= 4 is 17.5 Å². The Labute approximate surface area is 195 Å². The number of carbonyl (C=O) groups is 2. The molecule has 1 aromatic carbocycles. The predicted molar refractivity (Wildman–Crippen MR) is 125 cm³/mol. The zero-order valence-electron chi connectivity index (χ0n) is 19.8. The van der Waals surface area contributed by atoms with Crippen LogP contribution in [-0.2, 0) is 4.74 Å². The molecule has 2 saturated heterocycles. The van der Waals surface area contributed by atoms with Gasteiger partial charge in [0.2, 0.25) is 0 Å². The van der Waals surface area contributed by atoms with Gasteiger partial charge in [-0.05, 0) is 76.3 Å². The number of ether oxygens (including phenoxy) is 1. The van der Waals surface area contributed by atoms with Gasteiger partial charge in [-0.1, -0.05) is 5.16 Å². The van der Waals surface area contributed by atoms with Crippen molar-refractivity contribution in [1.82, 2.24) is 15.0 Å². The van der Waals surface area contributed by atoms with Gasteiger partial charge in [-0.15, -0.1) is 0 Å². The van der Waals surface area contributed by atoms with Crippen LogP contribution in [0.5, 0.6) is 0 Å². The monoisotopic (exact) mass is 454 g/mol. The summed E-state index contributed by atoms with van der Waals surface area (Å²) in [5.41, 5.74) is 2.32. The van der Waals surface area contributed by atoms with Gasteiger partial charge in [0.1, 0.15) is 11.4 Å². The average Bonchev–Trinajstić information content (AvgIpc) is 3.16. The van der Waals surface area contributed by atoms with E-state index in [0.717, 1.165) is 45.6 Å². The van der Waals surface area contributed by atoms with Crippen LogP contribution in [0, 0.1) is 19.8 Å². The Kier molecular flexibility index (Phi) is 7.45. The summed E-state index contributed by atoms with van der Waals surface area (Å²) in [7, 11) is 1.78. The van der Waals surface area contributed by atoms with E-state index in [1.807, 2.05) is 4.90 Å². The van der Waals surface area contributed by atoms with Crippen molar-refractivity contribution in [3.05, 3.63) is 46.8 Å². The standard InChI is InChI=1S/C25H34N4O4/c1-17-23(18(2)33-27-17)26-24(30)20-6-8-21(9-7-20)25(31)28-13-10-22(11-14-28)29-12-4-5-19(15-29)16-32-3/h6-9,19,22H,4-5,10-16H2,1-3H3,(H,26,30). The quantitative estimate of drug-likeness (QED) is 0.719. The third kappa shape index (κ3) is 5.45. The largest absolute Gasteiger partial charge is 0.384 e. The molecule has 2 aliphatic rings. The highest BCUT2D eigenvalue weighted by molar-refractivity contribution is 6.05. The fraction of sp³-hybridized carbons (Fsp3) is 0.560. The van der Waals surface area contributed by atoms with Gasteiger partial charge in [-0.3, -0.25) is 14.5 Å². The number of aromatic nitrogens is 1. The maximum atomic E-state index is 13.0. The van der Waals surface area contributed by atoms with Crippen molar-refractivity contribution in [1.29, 1.82) is 0 Å². The smallest absolute Gasteiger partial charge is 0.255 e. The van der Waals surface area contributed by atoms with E-state index < -0.39 is 0 Å². The van der Waals surface area contributed by atoms with Gasteiger partial charge in [-0.25, -0.2) is 0 Å². The maximum Gasteiger partial charge on any atom is 0.255 e. The average molecular weight is 455 g/mol. The number of nitrogens with one attached hydrogen (secondary N) is 1. The topological polar surface area (TPSA) is 87.9 Å². The molecule has 0 saturated carbocycles. The first-order chi connectivity index (χ1) is 16.0. The first-order valence-electron chi connectivity index (χ1n) is 11.8. The molecular weight excluding hydrogens is 420 g/mol. The number of nitrogens with zero attached hydrogens (tertiary/aromatic N) is 3. The first kappa shape index (κ1) is 23.4. The first-order valence-corrected chi connectivity index (χ1v) is 11.8. The zero-order chi connectivity index (χ0) is 23.4.